The smallest absolute Gasteiger partial charge is 0.185 e. The summed E-state index contributed by atoms with van der Waals surface area (Å²) in [4.78, 5) is 8.37. The zero-order valence-electron chi connectivity index (χ0n) is 11.9. The number of rotatable bonds is 5. The summed E-state index contributed by atoms with van der Waals surface area (Å²) < 4.78 is 5.71. The first kappa shape index (κ1) is 14.5. The van der Waals surface area contributed by atoms with Gasteiger partial charge >= 0.3 is 0 Å². The molecule has 0 radical (unpaired) electrons. The van der Waals surface area contributed by atoms with Gasteiger partial charge in [-0.2, -0.15) is 0 Å². The summed E-state index contributed by atoms with van der Waals surface area (Å²) in [7, 11) is 0. The molecule has 0 spiro atoms. The van der Waals surface area contributed by atoms with Crippen LogP contribution < -0.4 is 10.1 Å². The van der Waals surface area contributed by atoms with Crippen LogP contribution in [0.1, 0.15) is 17.5 Å². The highest BCUT2D eigenvalue weighted by atomic mass is 32.1. The summed E-state index contributed by atoms with van der Waals surface area (Å²) in [5.41, 5.74) is 1.53. The Labute approximate surface area is 132 Å². The topological polar surface area (TPSA) is 67.3 Å². The number of benzene rings is 1. The number of aryl methyl sites for hydroxylation is 1. The molecule has 6 heteroatoms. The highest BCUT2D eigenvalue weighted by Gasteiger charge is 2.11. The fraction of sp³-hybridized carbons (Fsp3) is 0.125. The van der Waals surface area contributed by atoms with Crippen molar-refractivity contribution in [3.63, 3.8) is 0 Å². The molecule has 2 heterocycles. The van der Waals surface area contributed by atoms with Crippen molar-refractivity contribution in [1.29, 1.82) is 0 Å². The van der Waals surface area contributed by atoms with Crippen molar-refractivity contribution in [2.24, 2.45) is 0 Å². The standard InChI is InChI=1S/C16H15N3O2S/c1-11-10-22-16(18-11)19-15(20)12-7-14(9-17-8-12)21-13-5-3-2-4-6-13/h2-10,15,20H,1H3,(H,18,19). The van der Waals surface area contributed by atoms with Crippen molar-refractivity contribution in [3.8, 4) is 11.5 Å². The molecule has 3 rings (SSSR count). The summed E-state index contributed by atoms with van der Waals surface area (Å²) in [6, 6.07) is 11.2. The molecular weight excluding hydrogens is 298 g/mol. The number of nitrogens with zero attached hydrogens (tertiary/aromatic N) is 2. The second-order valence-electron chi connectivity index (χ2n) is 4.71. The highest BCUT2D eigenvalue weighted by Crippen LogP contribution is 2.25. The van der Waals surface area contributed by atoms with Crippen molar-refractivity contribution >= 4 is 16.5 Å². The molecular formula is C16H15N3O2S. The Kier molecular flexibility index (Phi) is 4.32. The maximum atomic E-state index is 10.2. The minimum Gasteiger partial charge on any atom is -0.456 e. The third-order valence-corrected chi connectivity index (χ3v) is 3.80. The van der Waals surface area contributed by atoms with E-state index < -0.39 is 6.23 Å². The lowest BCUT2D eigenvalue weighted by molar-refractivity contribution is 0.207. The number of para-hydroxylation sites is 1. The van der Waals surface area contributed by atoms with Crippen LogP contribution in [-0.4, -0.2) is 15.1 Å². The molecule has 1 aromatic carbocycles. The molecule has 2 N–H and O–H groups in total. The van der Waals surface area contributed by atoms with Gasteiger partial charge in [0.25, 0.3) is 0 Å². The number of anilines is 1. The summed E-state index contributed by atoms with van der Waals surface area (Å²) >= 11 is 1.45. The van der Waals surface area contributed by atoms with Crippen molar-refractivity contribution in [1.82, 2.24) is 9.97 Å². The van der Waals surface area contributed by atoms with Crippen LogP contribution in [0.3, 0.4) is 0 Å². The number of nitrogens with one attached hydrogen (secondary N) is 1. The van der Waals surface area contributed by atoms with Gasteiger partial charge in [0.15, 0.2) is 11.4 Å². The SMILES string of the molecule is Cc1csc(NC(O)c2cncc(Oc3ccccc3)c2)n1. The molecule has 0 aliphatic rings. The van der Waals surface area contributed by atoms with Gasteiger partial charge < -0.3 is 15.2 Å². The lowest BCUT2D eigenvalue weighted by Gasteiger charge is -2.13. The lowest BCUT2D eigenvalue weighted by Crippen LogP contribution is -2.09. The molecule has 3 aromatic rings. The van der Waals surface area contributed by atoms with Gasteiger partial charge in [-0.05, 0) is 25.1 Å². The molecule has 1 unspecified atom stereocenters. The number of aliphatic hydroxyl groups is 1. The Morgan fingerprint density at radius 1 is 1.18 bits per heavy atom. The van der Waals surface area contributed by atoms with Gasteiger partial charge in [-0.1, -0.05) is 18.2 Å². The zero-order valence-corrected chi connectivity index (χ0v) is 12.7. The number of aromatic nitrogens is 2. The molecule has 0 bridgehead atoms. The Bertz CT molecular complexity index is 746. The first-order valence-corrected chi connectivity index (χ1v) is 7.63. The molecule has 0 amide bonds. The van der Waals surface area contributed by atoms with Crippen molar-refractivity contribution in [2.45, 2.75) is 13.2 Å². The maximum absolute atomic E-state index is 10.2. The van der Waals surface area contributed by atoms with E-state index in [2.05, 4.69) is 15.3 Å². The summed E-state index contributed by atoms with van der Waals surface area (Å²) in [5, 5.41) is 15.8. The molecule has 112 valence electrons. The highest BCUT2D eigenvalue weighted by molar-refractivity contribution is 7.13. The van der Waals surface area contributed by atoms with E-state index in [1.807, 2.05) is 42.6 Å². The predicted molar refractivity (Wildman–Crippen MR) is 86.2 cm³/mol. The quantitative estimate of drug-likeness (QED) is 0.702. The van der Waals surface area contributed by atoms with E-state index in [0.29, 0.717) is 16.4 Å². The number of aliphatic hydroxyl groups excluding tert-OH is 1. The number of pyridine rings is 1. The number of ether oxygens (including phenoxy) is 1. The Balaban J connectivity index is 1.73. The first-order chi connectivity index (χ1) is 10.7. The van der Waals surface area contributed by atoms with E-state index in [1.54, 1.807) is 18.5 Å². The van der Waals surface area contributed by atoms with Gasteiger partial charge in [-0.3, -0.25) is 4.98 Å². The van der Waals surface area contributed by atoms with Gasteiger partial charge in [0.2, 0.25) is 0 Å². The molecule has 0 saturated heterocycles. The van der Waals surface area contributed by atoms with E-state index in [0.717, 1.165) is 11.4 Å². The Hall–Kier alpha value is -2.44. The van der Waals surface area contributed by atoms with Gasteiger partial charge in [-0.15, -0.1) is 11.3 Å². The van der Waals surface area contributed by atoms with Gasteiger partial charge in [0.1, 0.15) is 11.5 Å². The van der Waals surface area contributed by atoms with Crippen LogP contribution in [0, 0.1) is 6.92 Å². The van der Waals surface area contributed by atoms with E-state index in [1.165, 1.54) is 11.3 Å². The molecule has 22 heavy (non-hydrogen) atoms. The van der Waals surface area contributed by atoms with Crippen LogP contribution in [0.25, 0.3) is 0 Å². The normalized spacial score (nSPS) is 11.9. The third kappa shape index (κ3) is 3.60. The molecule has 0 fully saturated rings. The Morgan fingerprint density at radius 2 is 2.00 bits per heavy atom. The third-order valence-electron chi connectivity index (χ3n) is 2.91. The number of hydrogen-bond donors (Lipinski definition) is 2. The van der Waals surface area contributed by atoms with Gasteiger partial charge in [0, 0.05) is 17.1 Å². The summed E-state index contributed by atoms with van der Waals surface area (Å²) in [5.74, 6) is 1.29. The lowest BCUT2D eigenvalue weighted by atomic mass is 10.2. The van der Waals surface area contributed by atoms with Crippen LogP contribution in [0.4, 0.5) is 5.13 Å². The van der Waals surface area contributed by atoms with E-state index in [4.69, 9.17) is 4.74 Å². The molecule has 0 saturated carbocycles. The van der Waals surface area contributed by atoms with Crippen LogP contribution in [0.2, 0.25) is 0 Å². The molecule has 0 aliphatic heterocycles. The molecule has 2 aromatic heterocycles. The average Bonchev–Trinajstić information content (AvgIpc) is 2.93. The van der Waals surface area contributed by atoms with Crippen molar-refractivity contribution in [2.75, 3.05) is 5.32 Å². The minimum absolute atomic E-state index is 0.569. The second kappa shape index (κ2) is 6.55. The zero-order chi connectivity index (χ0) is 15.4. The van der Waals surface area contributed by atoms with E-state index >= 15 is 0 Å². The van der Waals surface area contributed by atoms with E-state index in [9.17, 15) is 5.11 Å². The summed E-state index contributed by atoms with van der Waals surface area (Å²) in [6.07, 6.45) is 2.31. The van der Waals surface area contributed by atoms with Crippen molar-refractivity contribution in [3.05, 3.63) is 65.4 Å². The van der Waals surface area contributed by atoms with Gasteiger partial charge in [-0.25, -0.2) is 4.98 Å². The van der Waals surface area contributed by atoms with Crippen LogP contribution in [0.15, 0.2) is 54.2 Å². The largest absolute Gasteiger partial charge is 0.456 e. The average molecular weight is 313 g/mol. The maximum Gasteiger partial charge on any atom is 0.185 e. The van der Waals surface area contributed by atoms with Crippen LogP contribution >= 0.6 is 11.3 Å². The number of hydrogen-bond acceptors (Lipinski definition) is 6. The van der Waals surface area contributed by atoms with Gasteiger partial charge in [0.05, 0.1) is 11.9 Å². The van der Waals surface area contributed by atoms with E-state index in [-0.39, 0.29) is 0 Å². The minimum atomic E-state index is -0.891. The predicted octanol–water partition coefficient (Wildman–Crippen LogP) is 3.74. The second-order valence-corrected chi connectivity index (χ2v) is 5.57. The van der Waals surface area contributed by atoms with Crippen LogP contribution in [-0.2, 0) is 0 Å². The monoisotopic (exact) mass is 313 g/mol. The Morgan fingerprint density at radius 3 is 2.73 bits per heavy atom. The molecule has 0 aliphatic carbocycles. The number of thiazole rings is 1. The first-order valence-electron chi connectivity index (χ1n) is 6.75. The molecule has 5 nitrogen and oxygen atoms in total. The van der Waals surface area contributed by atoms with Crippen LogP contribution in [0.5, 0.6) is 11.5 Å². The fourth-order valence-electron chi connectivity index (χ4n) is 1.89. The fourth-order valence-corrected chi connectivity index (χ4v) is 2.60. The van der Waals surface area contributed by atoms with Crippen molar-refractivity contribution < 1.29 is 9.84 Å². The molecule has 1 atom stereocenters. The summed E-state index contributed by atoms with van der Waals surface area (Å²) in [6.45, 7) is 1.91.